The third kappa shape index (κ3) is 3.25. The summed E-state index contributed by atoms with van der Waals surface area (Å²) in [6.07, 6.45) is 3.68. The molecule has 0 spiro atoms. The van der Waals surface area contributed by atoms with E-state index in [9.17, 15) is 4.79 Å². The van der Waals surface area contributed by atoms with Gasteiger partial charge in [-0.05, 0) is 42.8 Å². The summed E-state index contributed by atoms with van der Waals surface area (Å²) >= 11 is 0. The number of nitrogens with one attached hydrogen (secondary N) is 1. The van der Waals surface area contributed by atoms with Crippen LogP contribution in [-0.2, 0) is 0 Å². The van der Waals surface area contributed by atoms with Crippen LogP contribution in [0.3, 0.4) is 0 Å². The van der Waals surface area contributed by atoms with E-state index in [1.165, 1.54) is 0 Å². The number of ether oxygens (including phenoxy) is 1. The molecular formula is C24H22N2O2. The van der Waals surface area contributed by atoms with Crippen molar-refractivity contribution in [2.75, 3.05) is 17.3 Å². The Morgan fingerprint density at radius 1 is 0.964 bits per heavy atom. The van der Waals surface area contributed by atoms with E-state index >= 15 is 0 Å². The van der Waals surface area contributed by atoms with E-state index in [4.69, 9.17) is 4.74 Å². The molecule has 1 aliphatic heterocycles. The van der Waals surface area contributed by atoms with Gasteiger partial charge in [-0.25, -0.2) is 0 Å². The standard InChI is InChI=1S/C24H22N2O2/c1-17-9-3-7-13-21(17)26-23(16-15-18-10-4-8-14-22(18)28-2)25-20-12-6-5-11-19(20)24(26)27/h3-16,23,25H,1-2H3. The van der Waals surface area contributed by atoms with Gasteiger partial charge in [-0.3, -0.25) is 9.69 Å². The molecule has 4 nitrogen and oxygen atoms in total. The molecule has 3 aromatic rings. The number of para-hydroxylation sites is 3. The third-order valence-electron chi connectivity index (χ3n) is 4.93. The molecule has 0 fully saturated rings. The minimum Gasteiger partial charge on any atom is -0.496 e. The molecule has 1 unspecified atom stereocenters. The number of benzene rings is 3. The van der Waals surface area contributed by atoms with Crippen LogP contribution < -0.4 is 15.0 Å². The van der Waals surface area contributed by atoms with Crippen molar-refractivity contribution in [3.05, 3.63) is 95.6 Å². The second-order valence-electron chi connectivity index (χ2n) is 6.70. The zero-order valence-corrected chi connectivity index (χ0v) is 15.9. The number of anilines is 2. The lowest BCUT2D eigenvalue weighted by atomic mass is 10.0. The summed E-state index contributed by atoms with van der Waals surface area (Å²) in [5.74, 6) is 0.780. The van der Waals surface area contributed by atoms with Crippen molar-refractivity contribution in [1.29, 1.82) is 0 Å². The average molecular weight is 370 g/mol. The molecule has 0 aromatic heterocycles. The van der Waals surface area contributed by atoms with Crippen molar-refractivity contribution in [2.24, 2.45) is 0 Å². The molecule has 0 radical (unpaired) electrons. The number of amides is 1. The third-order valence-corrected chi connectivity index (χ3v) is 4.93. The second-order valence-corrected chi connectivity index (χ2v) is 6.70. The Morgan fingerprint density at radius 3 is 2.50 bits per heavy atom. The number of nitrogens with zero attached hydrogens (tertiary/aromatic N) is 1. The van der Waals surface area contributed by atoms with Crippen molar-refractivity contribution >= 4 is 23.4 Å². The average Bonchev–Trinajstić information content (AvgIpc) is 2.73. The van der Waals surface area contributed by atoms with E-state index in [0.717, 1.165) is 28.3 Å². The Balaban J connectivity index is 1.78. The maximum absolute atomic E-state index is 13.3. The summed E-state index contributed by atoms with van der Waals surface area (Å²) in [4.78, 5) is 15.2. The van der Waals surface area contributed by atoms with Crippen LogP contribution in [0.2, 0.25) is 0 Å². The lowest BCUT2D eigenvalue weighted by Crippen LogP contribution is -2.48. The lowest BCUT2D eigenvalue weighted by Gasteiger charge is -2.37. The van der Waals surface area contributed by atoms with Gasteiger partial charge in [-0.15, -0.1) is 0 Å². The molecule has 1 heterocycles. The number of carbonyl (C=O) groups is 1. The molecule has 0 saturated carbocycles. The van der Waals surface area contributed by atoms with Gasteiger partial charge in [0.25, 0.3) is 5.91 Å². The van der Waals surface area contributed by atoms with Gasteiger partial charge in [0, 0.05) is 16.9 Å². The van der Waals surface area contributed by atoms with Crippen molar-refractivity contribution in [2.45, 2.75) is 13.1 Å². The molecule has 1 N–H and O–H groups in total. The van der Waals surface area contributed by atoms with Gasteiger partial charge in [0.15, 0.2) is 0 Å². The highest BCUT2D eigenvalue weighted by atomic mass is 16.5. The van der Waals surface area contributed by atoms with Crippen molar-refractivity contribution < 1.29 is 9.53 Å². The molecule has 4 rings (SSSR count). The van der Waals surface area contributed by atoms with Crippen molar-refractivity contribution in [1.82, 2.24) is 0 Å². The highest BCUT2D eigenvalue weighted by molar-refractivity contribution is 6.12. The first-order valence-electron chi connectivity index (χ1n) is 9.25. The maximum Gasteiger partial charge on any atom is 0.262 e. The topological polar surface area (TPSA) is 41.6 Å². The fourth-order valence-electron chi connectivity index (χ4n) is 3.50. The normalized spacial score (nSPS) is 16.0. The van der Waals surface area contributed by atoms with E-state index in [1.54, 1.807) is 7.11 Å². The van der Waals surface area contributed by atoms with Gasteiger partial charge in [0.05, 0.1) is 12.7 Å². The summed E-state index contributed by atoms with van der Waals surface area (Å²) in [5, 5.41) is 3.49. The quantitative estimate of drug-likeness (QED) is 0.693. The van der Waals surface area contributed by atoms with E-state index in [-0.39, 0.29) is 12.1 Å². The van der Waals surface area contributed by atoms with E-state index in [2.05, 4.69) is 5.32 Å². The molecule has 1 aliphatic rings. The van der Waals surface area contributed by atoms with E-state index < -0.39 is 0 Å². The molecule has 0 aliphatic carbocycles. The number of carbonyl (C=O) groups excluding carboxylic acids is 1. The van der Waals surface area contributed by atoms with Crippen LogP contribution in [-0.4, -0.2) is 19.2 Å². The minimum absolute atomic E-state index is 0.0154. The molecule has 140 valence electrons. The predicted octanol–water partition coefficient (Wildman–Crippen LogP) is 5.12. The molecule has 4 heteroatoms. The largest absolute Gasteiger partial charge is 0.496 e. The molecule has 28 heavy (non-hydrogen) atoms. The first kappa shape index (κ1) is 17.9. The van der Waals surface area contributed by atoms with Crippen LogP contribution in [0.25, 0.3) is 6.08 Å². The molecule has 1 amide bonds. The minimum atomic E-state index is -0.312. The SMILES string of the molecule is COc1ccccc1C=CC1Nc2ccccc2C(=O)N1c1ccccc1C. The van der Waals surface area contributed by atoms with Gasteiger partial charge in [0.1, 0.15) is 11.9 Å². The Labute approximate surface area is 165 Å². The summed E-state index contributed by atoms with van der Waals surface area (Å²) in [5.41, 5.74) is 4.42. The number of rotatable bonds is 4. The monoisotopic (exact) mass is 370 g/mol. The number of hydrogen-bond donors (Lipinski definition) is 1. The van der Waals surface area contributed by atoms with Crippen molar-refractivity contribution in [3.8, 4) is 5.75 Å². The lowest BCUT2D eigenvalue weighted by molar-refractivity contribution is 0.0979. The predicted molar refractivity (Wildman–Crippen MR) is 114 cm³/mol. The van der Waals surface area contributed by atoms with Crippen LogP contribution in [0.4, 0.5) is 11.4 Å². The second kappa shape index (κ2) is 7.61. The van der Waals surface area contributed by atoms with Crippen molar-refractivity contribution in [3.63, 3.8) is 0 Å². The van der Waals surface area contributed by atoms with Gasteiger partial charge < -0.3 is 10.1 Å². The molecule has 3 aromatic carbocycles. The van der Waals surface area contributed by atoms with Crippen LogP contribution in [0, 0.1) is 6.92 Å². The highest BCUT2D eigenvalue weighted by Gasteiger charge is 2.32. The van der Waals surface area contributed by atoms with Gasteiger partial charge in [-0.1, -0.05) is 54.6 Å². The van der Waals surface area contributed by atoms with Gasteiger partial charge >= 0.3 is 0 Å². The fraction of sp³-hybridized carbons (Fsp3) is 0.125. The Hall–Kier alpha value is -3.53. The van der Waals surface area contributed by atoms with Crippen LogP contribution in [0.1, 0.15) is 21.5 Å². The Bertz CT molecular complexity index is 1040. The zero-order valence-electron chi connectivity index (χ0n) is 15.9. The first-order valence-corrected chi connectivity index (χ1v) is 9.25. The van der Waals surface area contributed by atoms with Crippen LogP contribution in [0.15, 0.2) is 78.9 Å². The Morgan fingerprint density at radius 2 is 1.68 bits per heavy atom. The van der Waals surface area contributed by atoms with Gasteiger partial charge in [0.2, 0.25) is 0 Å². The number of hydrogen-bond acceptors (Lipinski definition) is 3. The summed E-state index contributed by atoms with van der Waals surface area (Å²) < 4.78 is 5.44. The van der Waals surface area contributed by atoms with Gasteiger partial charge in [-0.2, -0.15) is 0 Å². The van der Waals surface area contributed by atoms with Crippen LogP contribution >= 0.6 is 0 Å². The molecule has 0 bridgehead atoms. The Kier molecular flexibility index (Phi) is 4.85. The molecular weight excluding hydrogens is 348 g/mol. The van der Waals surface area contributed by atoms with E-state index in [0.29, 0.717) is 5.56 Å². The highest BCUT2D eigenvalue weighted by Crippen LogP contribution is 2.32. The number of methoxy groups -OCH3 is 1. The summed E-state index contributed by atoms with van der Waals surface area (Å²) in [7, 11) is 1.66. The number of fused-ring (bicyclic) bond motifs is 1. The smallest absolute Gasteiger partial charge is 0.262 e. The van der Waals surface area contributed by atoms with E-state index in [1.807, 2.05) is 96.8 Å². The fourth-order valence-corrected chi connectivity index (χ4v) is 3.50. The number of aryl methyl sites for hydroxylation is 1. The van der Waals surface area contributed by atoms with Crippen LogP contribution in [0.5, 0.6) is 5.75 Å². The maximum atomic E-state index is 13.3. The zero-order chi connectivity index (χ0) is 19.5. The summed E-state index contributed by atoms with van der Waals surface area (Å²) in [6, 6.07) is 23.4. The summed E-state index contributed by atoms with van der Waals surface area (Å²) in [6.45, 7) is 2.02. The molecule has 1 atom stereocenters. The molecule has 0 saturated heterocycles. The first-order chi connectivity index (χ1) is 13.7.